The number of aliphatic imine (C=N–C) groups is 1. The molecular formula is C16H31N7O7. The molecule has 0 rings (SSSR count). The molecule has 14 nitrogen and oxygen atoms in total. The monoisotopic (exact) mass is 433 g/mol. The fourth-order valence-corrected chi connectivity index (χ4v) is 2.16. The number of aliphatic hydroxyl groups excluding tert-OH is 2. The number of nitrogens with two attached hydrogens (primary N) is 3. The van der Waals surface area contributed by atoms with Crippen LogP contribution in [0.15, 0.2) is 4.99 Å². The van der Waals surface area contributed by atoms with Crippen molar-refractivity contribution in [2.24, 2.45) is 22.2 Å². The number of aliphatic carboxylic acids is 1. The Kier molecular flexibility index (Phi) is 12.0. The van der Waals surface area contributed by atoms with Crippen LogP contribution >= 0.6 is 0 Å². The van der Waals surface area contributed by atoms with Gasteiger partial charge in [-0.1, -0.05) is 0 Å². The summed E-state index contributed by atoms with van der Waals surface area (Å²) in [5.74, 6) is -4.02. The Labute approximate surface area is 173 Å². The minimum Gasteiger partial charge on any atom is -0.480 e. The van der Waals surface area contributed by atoms with E-state index in [2.05, 4.69) is 20.9 Å². The molecule has 0 aliphatic rings. The maximum Gasteiger partial charge on any atom is 0.326 e. The third-order valence-corrected chi connectivity index (χ3v) is 3.89. The number of nitrogens with zero attached hydrogens (tertiary/aromatic N) is 1. The van der Waals surface area contributed by atoms with Crippen LogP contribution in [-0.4, -0.2) is 88.4 Å². The first-order chi connectivity index (χ1) is 13.9. The highest BCUT2D eigenvalue weighted by Gasteiger charge is 2.29. The summed E-state index contributed by atoms with van der Waals surface area (Å²) >= 11 is 0. The lowest BCUT2D eigenvalue weighted by atomic mass is 10.1. The Bertz CT molecular complexity index is 635. The van der Waals surface area contributed by atoms with Gasteiger partial charge in [-0.3, -0.25) is 19.4 Å². The molecule has 0 radical (unpaired) electrons. The van der Waals surface area contributed by atoms with Crippen molar-refractivity contribution in [2.75, 3.05) is 13.1 Å². The molecule has 0 saturated heterocycles. The first-order valence-electron chi connectivity index (χ1n) is 9.14. The van der Waals surface area contributed by atoms with Gasteiger partial charge in [0.1, 0.15) is 18.1 Å². The zero-order valence-corrected chi connectivity index (χ0v) is 16.9. The number of nitrogens with one attached hydrogen (secondary N) is 3. The summed E-state index contributed by atoms with van der Waals surface area (Å²) in [6, 6.07) is -4.02. The molecule has 3 amide bonds. The van der Waals surface area contributed by atoms with Crippen molar-refractivity contribution in [1.29, 1.82) is 0 Å². The molecule has 172 valence electrons. The van der Waals surface area contributed by atoms with Crippen LogP contribution in [0.4, 0.5) is 0 Å². The molecule has 14 heteroatoms. The number of aliphatic hydroxyl groups is 2. The van der Waals surface area contributed by atoms with Crippen molar-refractivity contribution >= 4 is 29.7 Å². The van der Waals surface area contributed by atoms with Crippen molar-refractivity contribution in [2.45, 2.75) is 57.0 Å². The quantitative estimate of drug-likeness (QED) is 0.0761. The molecule has 5 unspecified atom stereocenters. The number of hydrogen-bond acceptors (Lipinski definition) is 8. The van der Waals surface area contributed by atoms with E-state index in [0.717, 1.165) is 0 Å². The van der Waals surface area contributed by atoms with Gasteiger partial charge in [0.15, 0.2) is 5.96 Å². The van der Waals surface area contributed by atoms with E-state index in [9.17, 15) is 34.5 Å². The van der Waals surface area contributed by atoms with Gasteiger partial charge in [-0.25, -0.2) is 4.79 Å². The Morgan fingerprint density at radius 3 is 2.07 bits per heavy atom. The van der Waals surface area contributed by atoms with Gasteiger partial charge >= 0.3 is 5.97 Å². The van der Waals surface area contributed by atoms with Gasteiger partial charge in [0.25, 0.3) is 0 Å². The smallest absolute Gasteiger partial charge is 0.326 e. The number of amides is 3. The number of carbonyl (C=O) groups excluding carboxylic acids is 3. The van der Waals surface area contributed by atoms with Gasteiger partial charge in [0, 0.05) is 6.54 Å². The Morgan fingerprint density at radius 1 is 1.00 bits per heavy atom. The van der Waals surface area contributed by atoms with Crippen LogP contribution in [0.5, 0.6) is 0 Å². The fourth-order valence-electron chi connectivity index (χ4n) is 2.16. The van der Waals surface area contributed by atoms with Crippen LogP contribution in [0.25, 0.3) is 0 Å². The van der Waals surface area contributed by atoms with Crippen molar-refractivity contribution in [3.05, 3.63) is 0 Å². The van der Waals surface area contributed by atoms with Gasteiger partial charge in [-0.15, -0.1) is 0 Å². The van der Waals surface area contributed by atoms with Crippen molar-refractivity contribution in [1.82, 2.24) is 16.0 Å². The first-order valence-corrected chi connectivity index (χ1v) is 9.14. The van der Waals surface area contributed by atoms with Crippen LogP contribution in [-0.2, 0) is 19.2 Å². The number of rotatable bonds is 13. The molecule has 0 spiro atoms. The van der Waals surface area contributed by atoms with Gasteiger partial charge in [-0.2, -0.15) is 0 Å². The van der Waals surface area contributed by atoms with E-state index < -0.39 is 60.6 Å². The lowest BCUT2D eigenvalue weighted by molar-refractivity contribution is -0.143. The number of carbonyl (C=O) groups is 4. The topological polar surface area (TPSA) is 255 Å². The molecule has 0 fully saturated rings. The number of carboxylic acid groups (broad SMARTS) is 1. The van der Waals surface area contributed by atoms with E-state index in [-0.39, 0.29) is 25.3 Å². The summed E-state index contributed by atoms with van der Waals surface area (Å²) in [5.41, 5.74) is 15.8. The molecule has 0 aromatic rings. The summed E-state index contributed by atoms with van der Waals surface area (Å²) in [5, 5.41) is 34.9. The Morgan fingerprint density at radius 2 is 1.60 bits per heavy atom. The van der Waals surface area contributed by atoms with Crippen LogP contribution < -0.4 is 33.2 Å². The summed E-state index contributed by atoms with van der Waals surface area (Å²) in [6.07, 6.45) is -2.23. The molecule has 0 aliphatic heterocycles. The highest BCUT2D eigenvalue weighted by Crippen LogP contribution is 2.01. The normalized spacial score (nSPS) is 15.6. The molecular weight excluding hydrogens is 402 g/mol. The predicted molar refractivity (Wildman–Crippen MR) is 106 cm³/mol. The predicted octanol–water partition coefficient (Wildman–Crippen LogP) is -4.70. The minimum atomic E-state index is -1.47. The molecule has 5 atom stereocenters. The zero-order valence-electron chi connectivity index (χ0n) is 16.9. The lowest BCUT2D eigenvalue weighted by Gasteiger charge is -2.23. The molecule has 0 aromatic carbocycles. The number of hydrogen-bond donors (Lipinski definition) is 9. The van der Waals surface area contributed by atoms with Crippen LogP contribution in [0.3, 0.4) is 0 Å². The van der Waals surface area contributed by atoms with Crippen molar-refractivity contribution in [3.8, 4) is 0 Å². The van der Waals surface area contributed by atoms with Gasteiger partial charge in [-0.05, 0) is 26.7 Å². The van der Waals surface area contributed by atoms with Gasteiger partial charge in [0.05, 0.1) is 18.8 Å². The summed E-state index contributed by atoms with van der Waals surface area (Å²) < 4.78 is 0. The SMILES string of the molecule is CC(O)C(N)C(=O)NCC(=O)NC(C(=O)NC(CCCN=C(N)N)C(=O)O)C(C)O. The molecule has 0 saturated carbocycles. The van der Waals surface area contributed by atoms with Crippen molar-refractivity contribution in [3.63, 3.8) is 0 Å². The van der Waals surface area contributed by atoms with E-state index in [1.165, 1.54) is 13.8 Å². The van der Waals surface area contributed by atoms with Gasteiger partial charge < -0.3 is 48.5 Å². The minimum absolute atomic E-state index is 0.00557. The fraction of sp³-hybridized carbons (Fsp3) is 0.688. The molecule has 0 bridgehead atoms. The highest BCUT2D eigenvalue weighted by atomic mass is 16.4. The zero-order chi connectivity index (χ0) is 23.4. The molecule has 0 aromatic heterocycles. The standard InChI is InChI=1S/C16H31N7O7/c1-7(24)11(17)13(27)21-6-10(26)23-12(8(2)25)14(28)22-9(15(29)30)4-3-5-20-16(18)19/h7-9,11-12,24-25H,3-6,17H2,1-2H3,(H,21,27)(H,22,28)(H,23,26)(H,29,30)(H4,18,19,20). The van der Waals surface area contributed by atoms with Crippen molar-refractivity contribution < 1.29 is 34.5 Å². The second-order valence-corrected chi connectivity index (χ2v) is 6.62. The molecule has 30 heavy (non-hydrogen) atoms. The molecule has 12 N–H and O–H groups in total. The summed E-state index contributed by atoms with van der Waals surface area (Å²) in [7, 11) is 0. The third-order valence-electron chi connectivity index (χ3n) is 3.89. The van der Waals surface area contributed by atoms with E-state index in [0.29, 0.717) is 0 Å². The number of guanidine groups is 1. The molecule has 0 aliphatic carbocycles. The maximum atomic E-state index is 12.4. The largest absolute Gasteiger partial charge is 0.480 e. The molecule has 0 heterocycles. The van der Waals surface area contributed by atoms with Crippen LogP contribution in [0, 0.1) is 0 Å². The maximum absolute atomic E-state index is 12.4. The van der Waals surface area contributed by atoms with E-state index in [1.807, 2.05) is 0 Å². The van der Waals surface area contributed by atoms with E-state index >= 15 is 0 Å². The first kappa shape index (κ1) is 27.0. The summed E-state index contributed by atoms with van der Waals surface area (Å²) in [4.78, 5) is 51.0. The lowest BCUT2D eigenvalue weighted by Crippen LogP contribution is -2.57. The van der Waals surface area contributed by atoms with Crippen LogP contribution in [0.2, 0.25) is 0 Å². The average Bonchev–Trinajstić information content (AvgIpc) is 2.64. The Balaban J connectivity index is 4.83. The average molecular weight is 433 g/mol. The number of carboxylic acids is 1. The highest BCUT2D eigenvalue weighted by molar-refractivity contribution is 5.92. The van der Waals surface area contributed by atoms with Crippen LogP contribution in [0.1, 0.15) is 26.7 Å². The Hall–Kier alpha value is -2.97. The third kappa shape index (κ3) is 10.5. The van der Waals surface area contributed by atoms with Gasteiger partial charge in [0.2, 0.25) is 17.7 Å². The van der Waals surface area contributed by atoms with E-state index in [4.69, 9.17) is 17.2 Å². The van der Waals surface area contributed by atoms with E-state index in [1.54, 1.807) is 0 Å². The summed E-state index contributed by atoms with van der Waals surface area (Å²) in [6.45, 7) is 2.11. The second-order valence-electron chi connectivity index (χ2n) is 6.62. The second kappa shape index (κ2) is 13.3.